The lowest BCUT2D eigenvalue weighted by atomic mass is 10.0. The number of pyridine rings is 1. The largest absolute Gasteiger partial charge is 0.358 e. The topological polar surface area (TPSA) is 97.2 Å². The van der Waals surface area contributed by atoms with Gasteiger partial charge in [0.15, 0.2) is 11.5 Å². The molecule has 5 aromatic rings. The molecule has 0 aliphatic rings. The van der Waals surface area contributed by atoms with Crippen molar-refractivity contribution in [2.24, 2.45) is 7.05 Å². The van der Waals surface area contributed by atoms with E-state index >= 15 is 0 Å². The maximum absolute atomic E-state index is 14.8. The molecule has 0 fully saturated rings. The summed E-state index contributed by atoms with van der Waals surface area (Å²) in [5.41, 5.74) is 4.03. The third kappa shape index (κ3) is 2.78. The Labute approximate surface area is 164 Å². The Hall–Kier alpha value is -3.88. The summed E-state index contributed by atoms with van der Waals surface area (Å²) in [6.45, 7) is 1.98. The lowest BCUT2D eigenvalue weighted by Crippen LogP contribution is -2.13. The summed E-state index contributed by atoms with van der Waals surface area (Å²) in [7, 11) is 1.89. The van der Waals surface area contributed by atoms with Crippen molar-refractivity contribution in [3.63, 3.8) is 0 Å². The van der Waals surface area contributed by atoms with Gasteiger partial charge in [-0.05, 0) is 36.8 Å². The Kier molecular flexibility index (Phi) is 3.94. The van der Waals surface area contributed by atoms with Gasteiger partial charge in [-0.2, -0.15) is 0 Å². The first-order chi connectivity index (χ1) is 14.1. The molecule has 144 valence electrons. The van der Waals surface area contributed by atoms with Crippen LogP contribution in [-0.2, 0) is 7.05 Å². The summed E-state index contributed by atoms with van der Waals surface area (Å²) in [6.07, 6.45) is 6.34. The number of benzene rings is 1. The van der Waals surface area contributed by atoms with E-state index in [2.05, 4.69) is 30.2 Å². The Balaban J connectivity index is 1.61. The first-order valence-electron chi connectivity index (χ1n) is 9.09. The molecule has 9 heteroatoms. The molecule has 2 N–H and O–H groups in total. The molecule has 0 unspecified atom stereocenters. The average Bonchev–Trinajstić information content (AvgIpc) is 3.34. The molecule has 0 amide bonds. The number of nitrogens with one attached hydrogen (secondary N) is 2. The summed E-state index contributed by atoms with van der Waals surface area (Å²) in [5, 5.41) is 3.35. The van der Waals surface area contributed by atoms with Crippen LogP contribution in [0.3, 0.4) is 0 Å². The van der Waals surface area contributed by atoms with E-state index in [0.29, 0.717) is 17.0 Å². The standard InChI is InChI=1S/C20H17FN8/c1-11(27-19-16-18(24-9-23-16)25-10-26-19)20-28-14-4-3-13(21)15(17(14)29(20)2)12-5-7-22-8-6-12/h3-11H,1-2H3,(H2,23,24,25,26,27)/t11-/m0/s1. The van der Waals surface area contributed by atoms with Gasteiger partial charge in [0.25, 0.3) is 0 Å². The van der Waals surface area contributed by atoms with Gasteiger partial charge in [-0.3, -0.25) is 4.98 Å². The van der Waals surface area contributed by atoms with Crippen LogP contribution in [0.1, 0.15) is 18.8 Å². The van der Waals surface area contributed by atoms with Gasteiger partial charge in [0, 0.05) is 25.0 Å². The van der Waals surface area contributed by atoms with Gasteiger partial charge in [-0.1, -0.05) is 0 Å². The molecule has 0 bridgehead atoms. The van der Waals surface area contributed by atoms with E-state index < -0.39 is 0 Å². The fraction of sp³-hybridized carbons (Fsp3) is 0.150. The molecular formula is C20H17FN8. The lowest BCUT2D eigenvalue weighted by molar-refractivity contribution is 0.632. The van der Waals surface area contributed by atoms with Crippen LogP contribution in [0, 0.1) is 5.82 Å². The highest BCUT2D eigenvalue weighted by atomic mass is 19.1. The fourth-order valence-electron chi connectivity index (χ4n) is 3.62. The van der Waals surface area contributed by atoms with E-state index in [1.807, 2.05) is 18.5 Å². The monoisotopic (exact) mass is 388 g/mol. The number of aromatic amines is 1. The SMILES string of the molecule is C[C@H](Nc1ncnc2nc[nH]c12)c1nc2ccc(F)c(-c3ccncc3)c2n1C. The molecule has 0 aliphatic carbocycles. The predicted molar refractivity (Wildman–Crippen MR) is 108 cm³/mol. The Morgan fingerprint density at radius 2 is 1.93 bits per heavy atom. The number of hydrogen-bond donors (Lipinski definition) is 2. The number of aryl methyl sites for hydroxylation is 1. The van der Waals surface area contributed by atoms with Crippen LogP contribution >= 0.6 is 0 Å². The second-order valence-electron chi connectivity index (χ2n) is 6.74. The van der Waals surface area contributed by atoms with E-state index in [0.717, 1.165) is 27.9 Å². The van der Waals surface area contributed by atoms with Gasteiger partial charge in [0.1, 0.15) is 23.5 Å². The van der Waals surface area contributed by atoms with Crippen molar-refractivity contribution in [2.45, 2.75) is 13.0 Å². The van der Waals surface area contributed by atoms with Crippen LogP contribution < -0.4 is 5.32 Å². The van der Waals surface area contributed by atoms with E-state index in [1.54, 1.807) is 36.9 Å². The van der Waals surface area contributed by atoms with Crippen LogP contribution in [0.15, 0.2) is 49.3 Å². The highest BCUT2D eigenvalue weighted by molar-refractivity contribution is 5.93. The molecule has 0 saturated heterocycles. The van der Waals surface area contributed by atoms with Gasteiger partial charge in [0.05, 0.1) is 23.4 Å². The smallest absolute Gasteiger partial charge is 0.182 e. The molecule has 0 saturated carbocycles. The second kappa shape index (κ2) is 6.62. The number of anilines is 1. The molecule has 0 spiro atoms. The quantitative estimate of drug-likeness (QED) is 0.488. The summed E-state index contributed by atoms with van der Waals surface area (Å²) < 4.78 is 16.7. The van der Waals surface area contributed by atoms with E-state index in [-0.39, 0.29) is 11.9 Å². The first kappa shape index (κ1) is 17.2. The van der Waals surface area contributed by atoms with Crippen LogP contribution in [-0.4, -0.2) is 34.5 Å². The summed E-state index contributed by atoms with van der Waals surface area (Å²) in [4.78, 5) is 24.4. The molecule has 8 nitrogen and oxygen atoms in total. The van der Waals surface area contributed by atoms with Gasteiger partial charge in [-0.25, -0.2) is 24.3 Å². The molecule has 4 aromatic heterocycles. The number of fused-ring (bicyclic) bond motifs is 2. The number of halogens is 1. The van der Waals surface area contributed by atoms with E-state index in [1.165, 1.54) is 12.4 Å². The number of aromatic nitrogens is 7. The molecule has 5 rings (SSSR count). The number of rotatable bonds is 4. The third-order valence-corrected chi connectivity index (χ3v) is 4.95. The zero-order valence-electron chi connectivity index (χ0n) is 15.8. The molecular weight excluding hydrogens is 371 g/mol. The second-order valence-corrected chi connectivity index (χ2v) is 6.74. The minimum atomic E-state index is -0.297. The molecule has 1 atom stereocenters. The number of hydrogen-bond acceptors (Lipinski definition) is 6. The van der Waals surface area contributed by atoms with E-state index in [4.69, 9.17) is 4.98 Å². The van der Waals surface area contributed by atoms with Crippen molar-refractivity contribution in [3.8, 4) is 11.1 Å². The van der Waals surface area contributed by atoms with Crippen molar-refractivity contribution in [2.75, 3.05) is 5.32 Å². The van der Waals surface area contributed by atoms with Crippen LogP contribution in [0.5, 0.6) is 0 Å². The molecule has 29 heavy (non-hydrogen) atoms. The molecule has 4 heterocycles. The minimum absolute atomic E-state index is 0.192. The van der Waals surface area contributed by atoms with Crippen molar-refractivity contribution < 1.29 is 4.39 Å². The normalized spacial score (nSPS) is 12.5. The number of imidazole rings is 2. The van der Waals surface area contributed by atoms with Crippen LogP contribution in [0.2, 0.25) is 0 Å². The predicted octanol–water partition coefficient (Wildman–Crippen LogP) is 3.61. The average molecular weight is 388 g/mol. The Bertz CT molecular complexity index is 1320. The summed E-state index contributed by atoms with van der Waals surface area (Å²) in [6, 6.07) is 6.54. The fourth-order valence-corrected chi connectivity index (χ4v) is 3.62. The van der Waals surface area contributed by atoms with Crippen molar-refractivity contribution in [3.05, 3.63) is 61.0 Å². The van der Waals surface area contributed by atoms with Crippen molar-refractivity contribution in [1.82, 2.24) is 34.5 Å². The van der Waals surface area contributed by atoms with Gasteiger partial charge in [-0.15, -0.1) is 0 Å². The molecule has 0 radical (unpaired) electrons. The highest BCUT2D eigenvalue weighted by Crippen LogP contribution is 2.33. The first-order valence-corrected chi connectivity index (χ1v) is 9.09. The van der Waals surface area contributed by atoms with Crippen molar-refractivity contribution >= 4 is 28.0 Å². The lowest BCUT2D eigenvalue weighted by Gasteiger charge is -2.15. The van der Waals surface area contributed by atoms with Gasteiger partial charge in [0.2, 0.25) is 0 Å². The van der Waals surface area contributed by atoms with Crippen LogP contribution in [0.4, 0.5) is 10.2 Å². The molecule has 0 aliphatic heterocycles. The number of nitrogens with zero attached hydrogens (tertiary/aromatic N) is 6. The third-order valence-electron chi connectivity index (χ3n) is 4.95. The maximum Gasteiger partial charge on any atom is 0.182 e. The zero-order valence-corrected chi connectivity index (χ0v) is 15.8. The highest BCUT2D eigenvalue weighted by Gasteiger charge is 2.21. The number of H-pyrrole nitrogens is 1. The summed E-state index contributed by atoms with van der Waals surface area (Å²) >= 11 is 0. The van der Waals surface area contributed by atoms with E-state index in [9.17, 15) is 4.39 Å². The zero-order chi connectivity index (χ0) is 20.0. The van der Waals surface area contributed by atoms with Crippen molar-refractivity contribution in [1.29, 1.82) is 0 Å². The van der Waals surface area contributed by atoms with Gasteiger partial charge >= 0.3 is 0 Å². The summed E-state index contributed by atoms with van der Waals surface area (Å²) in [5.74, 6) is 1.09. The Morgan fingerprint density at radius 1 is 1.10 bits per heavy atom. The van der Waals surface area contributed by atoms with Crippen LogP contribution in [0.25, 0.3) is 33.3 Å². The minimum Gasteiger partial charge on any atom is -0.358 e. The van der Waals surface area contributed by atoms with Gasteiger partial charge < -0.3 is 14.9 Å². The Morgan fingerprint density at radius 3 is 2.76 bits per heavy atom. The maximum atomic E-state index is 14.8. The molecule has 1 aromatic carbocycles.